The lowest BCUT2D eigenvalue weighted by Crippen LogP contribution is -2.49. The smallest absolute Gasteiger partial charge is 0.337 e. The van der Waals surface area contributed by atoms with Gasteiger partial charge < -0.3 is 5.32 Å². The second-order valence-electron chi connectivity index (χ2n) is 8.77. The number of carbonyl (C=O) groups is 1. The number of benzene rings is 3. The van der Waals surface area contributed by atoms with E-state index < -0.39 is 51.3 Å². The van der Waals surface area contributed by atoms with Crippen LogP contribution < -0.4 is 5.32 Å². The number of pyridine rings is 1. The van der Waals surface area contributed by atoms with E-state index in [9.17, 15) is 35.5 Å². The van der Waals surface area contributed by atoms with E-state index in [1.54, 1.807) is 30.3 Å². The SMILES string of the molecule is O=C(NC(Cc1ccccc1)(c1ccc(Cl)c(C(F)(F)F)c1)c1ccc(Cl)cn1)c1ccc(F)c(C(F)(F)F)c1. The van der Waals surface area contributed by atoms with Crippen molar-refractivity contribution in [2.75, 3.05) is 0 Å². The second-order valence-corrected chi connectivity index (χ2v) is 9.61. The third-order valence-corrected chi connectivity index (χ3v) is 6.66. The number of aromatic nitrogens is 1. The number of hydrogen-bond donors (Lipinski definition) is 1. The standard InChI is InChI=1S/C28H17Cl2F7N2O/c29-19-8-11-24(38-15-19)26(14-16-4-2-1-3-5-16,18-7-9-22(30)20(13-18)27(32,33)34)39-25(40)17-6-10-23(31)21(12-17)28(35,36)37/h1-13,15H,14H2,(H,39,40). The van der Waals surface area contributed by atoms with Crippen LogP contribution in [0.3, 0.4) is 0 Å². The predicted octanol–water partition coefficient (Wildman–Crippen LogP) is 8.48. The highest BCUT2D eigenvalue weighted by molar-refractivity contribution is 6.31. The molecule has 0 spiro atoms. The molecule has 4 rings (SSSR count). The molecule has 1 unspecified atom stereocenters. The van der Waals surface area contributed by atoms with Crippen LogP contribution in [0.15, 0.2) is 85.1 Å². The Kier molecular flexibility index (Phi) is 8.14. The van der Waals surface area contributed by atoms with Crippen molar-refractivity contribution < 1.29 is 35.5 Å². The zero-order chi connectivity index (χ0) is 29.3. The van der Waals surface area contributed by atoms with Gasteiger partial charge in [0.1, 0.15) is 11.4 Å². The van der Waals surface area contributed by atoms with E-state index in [1.165, 1.54) is 24.4 Å². The van der Waals surface area contributed by atoms with Crippen LogP contribution in [0.2, 0.25) is 10.0 Å². The summed E-state index contributed by atoms with van der Waals surface area (Å²) >= 11 is 11.8. The summed E-state index contributed by atoms with van der Waals surface area (Å²) in [4.78, 5) is 17.8. The van der Waals surface area contributed by atoms with Crippen LogP contribution in [0.5, 0.6) is 0 Å². The first-order valence-corrected chi connectivity index (χ1v) is 12.2. The fourth-order valence-corrected chi connectivity index (χ4v) is 4.55. The number of hydrogen-bond acceptors (Lipinski definition) is 2. The maximum atomic E-state index is 13.9. The van der Waals surface area contributed by atoms with E-state index in [-0.39, 0.29) is 22.7 Å². The quantitative estimate of drug-likeness (QED) is 0.225. The van der Waals surface area contributed by atoms with Crippen molar-refractivity contribution in [3.05, 3.63) is 134 Å². The van der Waals surface area contributed by atoms with Crippen LogP contribution in [0.25, 0.3) is 0 Å². The van der Waals surface area contributed by atoms with E-state index in [2.05, 4.69) is 10.3 Å². The van der Waals surface area contributed by atoms with Crippen LogP contribution in [-0.4, -0.2) is 10.9 Å². The van der Waals surface area contributed by atoms with Crippen molar-refractivity contribution in [1.29, 1.82) is 0 Å². The van der Waals surface area contributed by atoms with Crippen molar-refractivity contribution in [2.45, 2.75) is 24.3 Å². The molecule has 1 atom stereocenters. The van der Waals surface area contributed by atoms with Crippen molar-refractivity contribution in [1.82, 2.24) is 10.3 Å². The highest BCUT2D eigenvalue weighted by Gasteiger charge is 2.42. The Balaban J connectivity index is 1.97. The highest BCUT2D eigenvalue weighted by atomic mass is 35.5. The van der Waals surface area contributed by atoms with Crippen LogP contribution in [0.1, 0.15) is 38.3 Å². The van der Waals surface area contributed by atoms with Gasteiger partial charge in [-0.15, -0.1) is 0 Å². The summed E-state index contributed by atoms with van der Waals surface area (Å²) in [5.41, 5.74) is -4.88. The summed E-state index contributed by atoms with van der Waals surface area (Å²) in [5.74, 6) is -2.71. The molecular weight excluding hydrogens is 584 g/mol. The number of carbonyl (C=O) groups excluding carboxylic acids is 1. The van der Waals surface area contributed by atoms with E-state index >= 15 is 0 Å². The first-order chi connectivity index (χ1) is 18.7. The molecule has 208 valence electrons. The number of rotatable bonds is 6. The molecule has 0 aliphatic carbocycles. The molecule has 1 amide bonds. The third kappa shape index (κ3) is 6.23. The molecular formula is C28H17Cl2F7N2O. The summed E-state index contributed by atoms with van der Waals surface area (Å²) in [6, 6.07) is 15.8. The van der Waals surface area contributed by atoms with Gasteiger partial charge in [0, 0.05) is 18.2 Å². The van der Waals surface area contributed by atoms with Crippen molar-refractivity contribution in [2.24, 2.45) is 0 Å². The van der Waals surface area contributed by atoms with E-state index in [1.807, 2.05) is 0 Å². The minimum atomic E-state index is -5.10. The monoisotopic (exact) mass is 600 g/mol. The van der Waals surface area contributed by atoms with Gasteiger partial charge in [0.05, 0.1) is 26.9 Å². The molecule has 0 fully saturated rings. The fraction of sp³-hybridized carbons (Fsp3) is 0.143. The molecule has 1 aromatic heterocycles. The van der Waals surface area contributed by atoms with Gasteiger partial charge in [-0.05, 0) is 53.6 Å². The number of nitrogens with one attached hydrogen (secondary N) is 1. The molecule has 0 saturated heterocycles. The maximum Gasteiger partial charge on any atom is 0.419 e. The summed E-state index contributed by atoms with van der Waals surface area (Å²) in [6.07, 6.45) is -8.94. The zero-order valence-electron chi connectivity index (χ0n) is 20.0. The van der Waals surface area contributed by atoms with Crippen molar-refractivity contribution in [3.8, 4) is 0 Å². The van der Waals surface area contributed by atoms with E-state index in [4.69, 9.17) is 23.2 Å². The molecule has 0 bridgehead atoms. The normalized spacial score (nSPS) is 13.5. The van der Waals surface area contributed by atoms with Crippen LogP contribution in [0, 0.1) is 5.82 Å². The van der Waals surface area contributed by atoms with Crippen molar-refractivity contribution >= 4 is 29.1 Å². The number of halogens is 9. The summed E-state index contributed by atoms with van der Waals surface area (Å²) in [6.45, 7) is 0. The van der Waals surface area contributed by atoms with E-state index in [0.717, 1.165) is 18.2 Å². The predicted molar refractivity (Wildman–Crippen MR) is 135 cm³/mol. The first kappa shape index (κ1) is 29.4. The Labute approximate surface area is 233 Å². The largest absolute Gasteiger partial charge is 0.419 e. The number of alkyl halides is 6. The molecule has 0 radical (unpaired) electrons. The minimum Gasteiger partial charge on any atom is -0.337 e. The molecule has 0 saturated carbocycles. The van der Waals surface area contributed by atoms with Gasteiger partial charge in [0.2, 0.25) is 0 Å². The Hall–Kier alpha value is -3.63. The Morgan fingerprint density at radius 3 is 2.08 bits per heavy atom. The molecule has 12 heteroatoms. The number of amides is 1. The summed E-state index contributed by atoms with van der Waals surface area (Å²) < 4.78 is 95.6. The van der Waals surface area contributed by atoms with Gasteiger partial charge in [0.25, 0.3) is 5.91 Å². The molecule has 1 heterocycles. The average Bonchev–Trinajstić information content (AvgIpc) is 2.88. The van der Waals surface area contributed by atoms with Crippen LogP contribution >= 0.6 is 23.2 Å². The summed E-state index contributed by atoms with van der Waals surface area (Å²) in [5, 5.41) is 2.18. The molecule has 1 N–H and O–H groups in total. The summed E-state index contributed by atoms with van der Waals surface area (Å²) in [7, 11) is 0. The lowest BCUT2D eigenvalue weighted by Gasteiger charge is -2.36. The molecule has 0 aliphatic rings. The molecule has 4 aromatic rings. The van der Waals surface area contributed by atoms with Gasteiger partial charge >= 0.3 is 12.4 Å². The Morgan fingerprint density at radius 2 is 1.48 bits per heavy atom. The third-order valence-electron chi connectivity index (χ3n) is 6.10. The first-order valence-electron chi connectivity index (χ1n) is 11.4. The number of nitrogens with zero attached hydrogens (tertiary/aromatic N) is 1. The molecule has 3 nitrogen and oxygen atoms in total. The average molecular weight is 601 g/mol. The zero-order valence-corrected chi connectivity index (χ0v) is 21.6. The Morgan fingerprint density at radius 1 is 0.800 bits per heavy atom. The van der Waals surface area contributed by atoms with Gasteiger partial charge in [-0.1, -0.05) is 59.6 Å². The minimum absolute atomic E-state index is 0.0303. The Bertz CT molecular complexity index is 1520. The van der Waals surface area contributed by atoms with Gasteiger partial charge in [0.15, 0.2) is 0 Å². The molecule has 3 aromatic carbocycles. The van der Waals surface area contributed by atoms with Gasteiger partial charge in [-0.2, -0.15) is 26.3 Å². The second kappa shape index (κ2) is 11.1. The van der Waals surface area contributed by atoms with Gasteiger partial charge in [-0.3, -0.25) is 9.78 Å². The molecule has 40 heavy (non-hydrogen) atoms. The lowest BCUT2D eigenvalue weighted by molar-refractivity contribution is -0.140. The van der Waals surface area contributed by atoms with Crippen LogP contribution in [-0.2, 0) is 24.3 Å². The lowest BCUT2D eigenvalue weighted by atomic mass is 9.79. The maximum absolute atomic E-state index is 13.9. The van der Waals surface area contributed by atoms with E-state index in [0.29, 0.717) is 17.7 Å². The highest BCUT2D eigenvalue weighted by Crippen LogP contribution is 2.40. The van der Waals surface area contributed by atoms with Gasteiger partial charge in [-0.25, -0.2) is 4.39 Å². The topological polar surface area (TPSA) is 42.0 Å². The molecule has 0 aliphatic heterocycles. The fourth-order valence-electron chi connectivity index (χ4n) is 4.21. The van der Waals surface area contributed by atoms with Crippen LogP contribution in [0.4, 0.5) is 30.7 Å². The van der Waals surface area contributed by atoms with Crippen molar-refractivity contribution in [3.63, 3.8) is 0 Å².